The molecule has 1 fully saturated rings. The number of amides is 2. The Hall–Kier alpha value is -3.42. The van der Waals surface area contributed by atoms with Crippen molar-refractivity contribution in [1.29, 1.82) is 0 Å². The van der Waals surface area contributed by atoms with Gasteiger partial charge in [0.1, 0.15) is 5.52 Å². The van der Waals surface area contributed by atoms with Crippen molar-refractivity contribution in [2.24, 2.45) is 5.92 Å². The summed E-state index contributed by atoms with van der Waals surface area (Å²) in [5.74, 6) is 0.860. The maximum Gasteiger partial charge on any atom is 0.315 e. The van der Waals surface area contributed by atoms with Gasteiger partial charge < -0.3 is 15.5 Å². The number of hydrogen-bond donors (Lipinski definition) is 2. The number of carbonyl (C=O) groups excluding carboxylic acids is 1. The standard InChI is InChI=1S/C24H30N6O2/c1-17(2)15-26-24(32)27-19-10-13-29(14-11-19)22-23(31)30(16-18-7-4-3-5-8-18)21-20(28-22)9-6-12-25-21/h3-9,12,17,19H,10-11,13-16H2,1-2H3,(H2,26,27,32). The second kappa shape index (κ2) is 9.80. The topological polar surface area (TPSA) is 92.2 Å². The molecule has 32 heavy (non-hydrogen) atoms. The summed E-state index contributed by atoms with van der Waals surface area (Å²) in [6.45, 7) is 6.55. The van der Waals surface area contributed by atoms with Crippen LogP contribution in [-0.4, -0.2) is 46.2 Å². The maximum atomic E-state index is 13.4. The van der Waals surface area contributed by atoms with E-state index in [4.69, 9.17) is 0 Å². The van der Waals surface area contributed by atoms with Gasteiger partial charge in [0.05, 0.1) is 6.54 Å². The minimum Gasteiger partial charge on any atom is -0.352 e. The van der Waals surface area contributed by atoms with E-state index < -0.39 is 0 Å². The third-order valence-electron chi connectivity index (χ3n) is 5.67. The van der Waals surface area contributed by atoms with Gasteiger partial charge in [-0.3, -0.25) is 9.36 Å². The van der Waals surface area contributed by atoms with E-state index in [1.54, 1.807) is 10.8 Å². The molecule has 0 atom stereocenters. The third kappa shape index (κ3) is 5.07. The van der Waals surface area contributed by atoms with Crippen LogP contribution in [0.4, 0.5) is 10.6 Å². The first-order chi connectivity index (χ1) is 15.5. The van der Waals surface area contributed by atoms with E-state index in [9.17, 15) is 9.59 Å². The van der Waals surface area contributed by atoms with Gasteiger partial charge in [-0.1, -0.05) is 44.2 Å². The maximum absolute atomic E-state index is 13.4. The van der Waals surface area contributed by atoms with Crippen LogP contribution in [0.15, 0.2) is 53.5 Å². The van der Waals surface area contributed by atoms with Crippen LogP contribution in [0.2, 0.25) is 0 Å². The van der Waals surface area contributed by atoms with E-state index in [0.29, 0.717) is 49.1 Å². The van der Waals surface area contributed by atoms with E-state index >= 15 is 0 Å². The molecule has 8 nitrogen and oxygen atoms in total. The van der Waals surface area contributed by atoms with Crippen LogP contribution in [0, 0.1) is 5.92 Å². The van der Waals surface area contributed by atoms with Crippen molar-refractivity contribution >= 4 is 23.0 Å². The van der Waals surface area contributed by atoms with Crippen molar-refractivity contribution in [3.63, 3.8) is 0 Å². The fraction of sp³-hybridized carbons (Fsp3) is 0.417. The minimum atomic E-state index is -0.138. The monoisotopic (exact) mass is 434 g/mol. The van der Waals surface area contributed by atoms with Crippen LogP contribution in [-0.2, 0) is 6.54 Å². The summed E-state index contributed by atoms with van der Waals surface area (Å²) in [6, 6.07) is 13.6. The quantitative estimate of drug-likeness (QED) is 0.622. The average Bonchev–Trinajstić information content (AvgIpc) is 2.81. The molecule has 0 bridgehead atoms. The average molecular weight is 435 g/mol. The van der Waals surface area contributed by atoms with Crippen LogP contribution < -0.4 is 21.1 Å². The molecule has 2 amide bonds. The van der Waals surface area contributed by atoms with Crippen molar-refractivity contribution < 1.29 is 4.79 Å². The predicted octanol–water partition coefficient (Wildman–Crippen LogP) is 2.76. The van der Waals surface area contributed by atoms with Crippen LogP contribution in [0.3, 0.4) is 0 Å². The van der Waals surface area contributed by atoms with Gasteiger partial charge >= 0.3 is 6.03 Å². The molecule has 1 aliphatic heterocycles. The molecule has 8 heteroatoms. The highest BCUT2D eigenvalue weighted by molar-refractivity contribution is 5.74. The molecule has 1 aliphatic rings. The van der Waals surface area contributed by atoms with Crippen molar-refractivity contribution in [3.05, 3.63) is 64.6 Å². The Morgan fingerprint density at radius 3 is 2.59 bits per heavy atom. The van der Waals surface area contributed by atoms with Gasteiger partial charge in [0.25, 0.3) is 5.56 Å². The number of fused-ring (bicyclic) bond motifs is 1. The molecule has 0 radical (unpaired) electrons. The second-order valence-corrected chi connectivity index (χ2v) is 8.67. The molecule has 0 aliphatic carbocycles. The van der Waals surface area contributed by atoms with Gasteiger partial charge in [0, 0.05) is 31.9 Å². The molecule has 2 N–H and O–H groups in total. The van der Waals surface area contributed by atoms with E-state index in [-0.39, 0.29) is 17.6 Å². The summed E-state index contributed by atoms with van der Waals surface area (Å²) >= 11 is 0. The number of piperidine rings is 1. The lowest BCUT2D eigenvalue weighted by atomic mass is 10.1. The number of pyridine rings is 1. The van der Waals surface area contributed by atoms with Gasteiger partial charge in [-0.25, -0.2) is 14.8 Å². The lowest BCUT2D eigenvalue weighted by Gasteiger charge is -2.33. The SMILES string of the molecule is CC(C)CNC(=O)NC1CCN(c2nc3cccnc3n(Cc3ccccc3)c2=O)CC1. The van der Waals surface area contributed by atoms with Crippen molar-refractivity contribution in [2.45, 2.75) is 39.3 Å². The first-order valence-electron chi connectivity index (χ1n) is 11.2. The summed E-state index contributed by atoms with van der Waals surface area (Å²) in [6.07, 6.45) is 3.21. The molecule has 1 aromatic carbocycles. The zero-order valence-electron chi connectivity index (χ0n) is 18.6. The lowest BCUT2D eigenvalue weighted by molar-refractivity contribution is 0.233. The van der Waals surface area contributed by atoms with Crippen molar-refractivity contribution in [1.82, 2.24) is 25.2 Å². The summed E-state index contributed by atoms with van der Waals surface area (Å²) in [5.41, 5.74) is 2.19. The molecular formula is C24H30N6O2. The number of benzene rings is 1. The first kappa shape index (κ1) is 21.8. The van der Waals surface area contributed by atoms with Gasteiger partial charge in [0.15, 0.2) is 11.5 Å². The Labute approximate surface area is 187 Å². The molecule has 3 heterocycles. The van der Waals surface area contributed by atoms with E-state index in [1.807, 2.05) is 47.4 Å². The largest absolute Gasteiger partial charge is 0.352 e. The van der Waals surface area contributed by atoms with Gasteiger partial charge in [-0.05, 0) is 36.5 Å². The van der Waals surface area contributed by atoms with Gasteiger partial charge in [0.2, 0.25) is 0 Å². The Balaban J connectivity index is 1.52. The minimum absolute atomic E-state index is 0.0899. The summed E-state index contributed by atoms with van der Waals surface area (Å²) in [7, 11) is 0. The number of nitrogens with zero attached hydrogens (tertiary/aromatic N) is 4. The number of anilines is 1. The predicted molar refractivity (Wildman–Crippen MR) is 126 cm³/mol. The Morgan fingerprint density at radius 2 is 1.88 bits per heavy atom. The highest BCUT2D eigenvalue weighted by Gasteiger charge is 2.25. The number of nitrogens with one attached hydrogen (secondary N) is 2. The Bertz CT molecular complexity index is 1120. The molecule has 0 saturated carbocycles. The Kier molecular flexibility index (Phi) is 6.68. The number of rotatable bonds is 6. The molecular weight excluding hydrogens is 404 g/mol. The van der Waals surface area contributed by atoms with Gasteiger partial charge in [-0.15, -0.1) is 0 Å². The highest BCUT2D eigenvalue weighted by atomic mass is 16.2. The fourth-order valence-corrected chi connectivity index (χ4v) is 3.95. The van der Waals surface area contributed by atoms with E-state index in [1.165, 1.54) is 0 Å². The van der Waals surface area contributed by atoms with Crippen LogP contribution >= 0.6 is 0 Å². The zero-order valence-corrected chi connectivity index (χ0v) is 18.6. The molecule has 4 rings (SSSR count). The first-order valence-corrected chi connectivity index (χ1v) is 11.2. The van der Waals surface area contributed by atoms with Crippen LogP contribution in [0.5, 0.6) is 0 Å². The number of hydrogen-bond acceptors (Lipinski definition) is 5. The number of urea groups is 1. The third-order valence-corrected chi connectivity index (χ3v) is 5.67. The van der Waals surface area contributed by atoms with Crippen molar-refractivity contribution in [2.75, 3.05) is 24.5 Å². The smallest absolute Gasteiger partial charge is 0.315 e. The summed E-state index contributed by atoms with van der Waals surface area (Å²) in [5, 5.41) is 5.94. The van der Waals surface area contributed by atoms with E-state index in [0.717, 1.165) is 18.4 Å². The molecule has 3 aromatic rings. The van der Waals surface area contributed by atoms with Gasteiger partial charge in [-0.2, -0.15) is 0 Å². The molecule has 2 aromatic heterocycles. The highest BCUT2D eigenvalue weighted by Crippen LogP contribution is 2.18. The van der Waals surface area contributed by atoms with Crippen LogP contribution in [0.25, 0.3) is 11.2 Å². The Morgan fingerprint density at radius 1 is 1.12 bits per heavy atom. The van der Waals surface area contributed by atoms with Crippen molar-refractivity contribution in [3.8, 4) is 0 Å². The summed E-state index contributed by atoms with van der Waals surface area (Å²) in [4.78, 5) is 36.6. The molecule has 168 valence electrons. The lowest BCUT2D eigenvalue weighted by Crippen LogP contribution is -2.49. The molecule has 0 spiro atoms. The second-order valence-electron chi connectivity index (χ2n) is 8.67. The number of carbonyl (C=O) groups is 1. The zero-order chi connectivity index (χ0) is 22.5. The summed E-state index contributed by atoms with van der Waals surface area (Å²) < 4.78 is 1.71. The van der Waals surface area contributed by atoms with Crippen LogP contribution in [0.1, 0.15) is 32.3 Å². The molecule has 1 saturated heterocycles. The normalized spacial score (nSPS) is 14.7. The molecule has 0 unspecified atom stereocenters. The van der Waals surface area contributed by atoms with E-state index in [2.05, 4.69) is 34.4 Å². The number of aromatic nitrogens is 3. The fourth-order valence-electron chi connectivity index (χ4n) is 3.95.